The zero-order valence-corrected chi connectivity index (χ0v) is 11.0. The molecule has 2 aromatic heterocycles. The molecule has 0 aliphatic rings. The van der Waals surface area contributed by atoms with Gasteiger partial charge in [-0.05, 0) is 36.9 Å². The van der Waals surface area contributed by atoms with Crippen LogP contribution in [0.5, 0.6) is 0 Å². The van der Waals surface area contributed by atoms with Crippen molar-refractivity contribution in [2.45, 2.75) is 20.4 Å². The molecule has 0 fully saturated rings. The summed E-state index contributed by atoms with van der Waals surface area (Å²) < 4.78 is 0. The van der Waals surface area contributed by atoms with Gasteiger partial charge in [-0.2, -0.15) is 0 Å². The van der Waals surface area contributed by atoms with Gasteiger partial charge in [0.1, 0.15) is 0 Å². The van der Waals surface area contributed by atoms with Crippen LogP contribution in [0.3, 0.4) is 0 Å². The highest BCUT2D eigenvalue weighted by atomic mass is 15.1. The fraction of sp³-hybridized carbons (Fsp3) is 0.333. The van der Waals surface area contributed by atoms with E-state index in [0.717, 1.165) is 31.0 Å². The molecule has 3 heteroatoms. The van der Waals surface area contributed by atoms with Gasteiger partial charge in [-0.25, -0.2) is 0 Å². The van der Waals surface area contributed by atoms with Crippen molar-refractivity contribution in [3.05, 3.63) is 48.3 Å². The van der Waals surface area contributed by atoms with E-state index >= 15 is 0 Å². The second kappa shape index (κ2) is 6.26. The summed E-state index contributed by atoms with van der Waals surface area (Å²) in [5, 5.41) is 0. The summed E-state index contributed by atoms with van der Waals surface area (Å²) in [7, 11) is 0. The van der Waals surface area contributed by atoms with E-state index in [1.54, 1.807) is 0 Å². The Morgan fingerprint density at radius 1 is 0.944 bits per heavy atom. The van der Waals surface area contributed by atoms with E-state index in [1.165, 1.54) is 5.56 Å². The predicted molar refractivity (Wildman–Crippen MR) is 74.1 cm³/mol. The lowest BCUT2D eigenvalue weighted by atomic mass is 10.1. The van der Waals surface area contributed by atoms with Gasteiger partial charge in [0.25, 0.3) is 0 Å². The minimum absolute atomic E-state index is 0.923. The molecule has 0 N–H and O–H groups in total. The van der Waals surface area contributed by atoms with Gasteiger partial charge < -0.3 is 0 Å². The minimum atomic E-state index is 0.923. The molecule has 0 saturated heterocycles. The van der Waals surface area contributed by atoms with Gasteiger partial charge in [-0.3, -0.25) is 14.9 Å². The van der Waals surface area contributed by atoms with E-state index in [1.807, 2.05) is 36.7 Å². The highest BCUT2D eigenvalue weighted by Crippen LogP contribution is 2.19. The Morgan fingerprint density at radius 2 is 1.72 bits per heavy atom. The number of nitrogens with zero attached hydrogens (tertiary/aromatic N) is 3. The van der Waals surface area contributed by atoms with Crippen molar-refractivity contribution in [1.29, 1.82) is 0 Å². The average Bonchev–Trinajstić information content (AvgIpc) is 2.46. The normalized spacial score (nSPS) is 10.8. The topological polar surface area (TPSA) is 29.0 Å². The molecule has 2 aromatic rings. The predicted octanol–water partition coefficient (Wildman–Crippen LogP) is 2.99. The van der Waals surface area contributed by atoms with Crippen LogP contribution in [0.2, 0.25) is 0 Å². The first-order chi connectivity index (χ1) is 8.85. The lowest BCUT2D eigenvalue weighted by Crippen LogP contribution is -2.22. The molecule has 18 heavy (non-hydrogen) atoms. The molecule has 0 amide bonds. The van der Waals surface area contributed by atoms with Crippen LogP contribution < -0.4 is 0 Å². The molecular weight excluding hydrogens is 222 g/mol. The van der Waals surface area contributed by atoms with E-state index in [-0.39, 0.29) is 0 Å². The molecule has 0 saturated carbocycles. The summed E-state index contributed by atoms with van der Waals surface area (Å²) in [5.41, 5.74) is 3.17. The Kier molecular flexibility index (Phi) is 4.42. The van der Waals surface area contributed by atoms with Crippen molar-refractivity contribution in [3.63, 3.8) is 0 Å². The van der Waals surface area contributed by atoms with E-state index in [0.29, 0.717) is 0 Å². The number of hydrogen-bond acceptors (Lipinski definition) is 3. The average molecular weight is 241 g/mol. The van der Waals surface area contributed by atoms with E-state index < -0.39 is 0 Å². The van der Waals surface area contributed by atoms with Gasteiger partial charge in [0.2, 0.25) is 0 Å². The van der Waals surface area contributed by atoms with Crippen molar-refractivity contribution in [3.8, 4) is 11.4 Å². The van der Waals surface area contributed by atoms with Crippen LogP contribution in [0.15, 0.2) is 42.7 Å². The fourth-order valence-electron chi connectivity index (χ4n) is 1.99. The summed E-state index contributed by atoms with van der Waals surface area (Å²) in [6, 6.07) is 10.1. The first kappa shape index (κ1) is 12.7. The molecule has 0 aliphatic carbocycles. The van der Waals surface area contributed by atoms with Gasteiger partial charge in [-0.1, -0.05) is 26.0 Å². The summed E-state index contributed by atoms with van der Waals surface area (Å²) in [6.07, 6.45) is 3.64. The van der Waals surface area contributed by atoms with Gasteiger partial charge in [0.05, 0.1) is 11.4 Å². The molecule has 0 unspecified atom stereocenters. The van der Waals surface area contributed by atoms with E-state index in [4.69, 9.17) is 0 Å². The molecule has 0 bridgehead atoms. The molecule has 0 aromatic carbocycles. The SMILES string of the molecule is CCN(CC)Cc1cccnc1-c1ccccn1. The van der Waals surface area contributed by atoms with Crippen LogP contribution in [0, 0.1) is 0 Å². The number of aromatic nitrogens is 2. The Bertz CT molecular complexity index is 478. The summed E-state index contributed by atoms with van der Waals surface area (Å²) >= 11 is 0. The second-order valence-electron chi connectivity index (χ2n) is 4.19. The molecule has 0 aliphatic heterocycles. The molecular formula is C15H19N3. The zero-order valence-electron chi connectivity index (χ0n) is 11.0. The highest BCUT2D eigenvalue weighted by molar-refractivity contribution is 5.58. The first-order valence-electron chi connectivity index (χ1n) is 6.42. The van der Waals surface area contributed by atoms with E-state index in [9.17, 15) is 0 Å². The van der Waals surface area contributed by atoms with Crippen LogP contribution in [0.25, 0.3) is 11.4 Å². The number of hydrogen-bond donors (Lipinski definition) is 0. The van der Waals surface area contributed by atoms with Crippen LogP contribution in [-0.4, -0.2) is 28.0 Å². The smallest absolute Gasteiger partial charge is 0.0931 e. The molecule has 2 heterocycles. The quantitative estimate of drug-likeness (QED) is 0.806. The summed E-state index contributed by atoms with van der Waals surface area (Å²) in [6.45, 7) is 7.38. The highest BCUT2D eigenvalue weighted by Gasteiger charge is 2.09. The maximum atomic E-state index is 4.48. The van der Waals surface area contributed by atoms with Crippen LogP contribution in [-0.2, 0) is 6.54 Å². The Labute approximate surface area is 109 Å². The van der Waals surface area contributed by atoms with Crippen molar-refractivity contribution in [2.24, 2.45) is 0 Å². The third-order valence-electron chi connectivity index (χ3n) is 3.09. The third kappa shape index (κ3) is 2.93. The Morgan fingerprint density at radius 3 is 2.39 bits per heavy atom. The van der Waals surface area contributed by atoms with Crippen molar-refractivity contribution < 1.29 is 0 Å². The summed E-state index contributed by atoms with van der Waals surface area (Å²) in [5.74, 6) is 0. The zero-order chi connectivity index (χ0) is 12.8. The molecule has 0 radical (unpaired) electrons. The first-order valence-corrected chi connectivity index (χ1v) is 6.42. The maximum Gasteiger partial charge on any atom is 0.0931 e. The van der Waals surface area contributed by atoms with Gasteiger partial charge in [0.15, 0.2) is 0 Å². The van der Waals surface area contributed by atoms with Crippen LogP contribution >= 0.6 is 0 Å². The van der Waals surface area contributed by atoms with Crippen LogP contribution in [0.4, 0.5) is 0 Å². The lowest BCUT2D eigenvalue weighted by molar-refractivity contribution is 0.296. The second-order valence-corrected chi connectivity index (χ2v) is 4.19. The van der Waals surface area contributed by atoms with Gasteiger partial charge in [0, 0.05) is 18.9 Å². The molecule has 0 atom stereocenters. The number of pyridine rings is 2. The van der Waals surface area contributed by atoms with Crippen molar-refractivity contribution in [1.82, 2.24) is 14.9 Å². The lowest BCUT2D eigenvalue weighted by Gasteiger charge is -2.19. The maximum absolute atomic E-state index is 4.48. The third-order valence-corrected chi connectivity index (χ3v) is 3.09. The Hall–Kier alpha value is -1.74. The molecule has 2 rings (SSSR count). The van der Waals surface area contributed by atoms with Gasteiger partial charge in [-0.15, -0.1) is 0 Å². The standard InChI is InChI=1S/C15H19N3/c1-3-18(4-2)12-13-8-7-11-17-15(13)14-9-5-6-10-16-14/h5-11H,3-4,12H2,1-2H3. The molecule has 0 spiro atoms. The molecule has 94 valence electrons. The monoisotopic (exact) mass is 241 g/mol. The van der Waals surface area contributed by atoms with Crippen LogP contribution in [0.1, 0.15) is 19.4 Å². The van der Waals surface area contributed by atoms with E-state index in [2.05, 4.69) is 34.8 Å². The van der Waals surface area contributed by atoms with Gasteiger partial charge >= 0.3 is 0 Å². The Balaban J connectivity index is 2.31. The fourth-order valence-corrected chi connectivity index (χ4v) is 1.99. The molecule has 3 nitrogen and oxygen atoms in total. The number of rotatable bonds is 5. The van der Waals surface area contributed by atoms with Crippen molar-refractivity contribution >= 4 is 0 Å². The minimum Gasteiger partial charge on any atom is -0.300 e. The van der Waals surface area contributed by atoms with Crippen molar-refractivity contribution in [2.75, 3.05) is 13.1 Å². The largest absolute Gasteiger partial charge is 0.300 e. The summed E-state index contributed by atoms with van der Waals surface area (Å²) in [4.78, 5) is 11.2.